The molecule has 2 fully saturated rings. The molecule has 3 aromatic carbocycles. The van der Waals surface area contributed by atoms with Gasteiger partial charge in [-0.2, -0.15) is 0 Å². The summed E-state index contributed by atoms with van der Waals surface area (Å²) in [6.07, 6.45) is -1.08. The van der Waals surface area contributed by atoms with Gasteiger partial charge in [0, 0.05) is 0 Å². The number of anilines is 2. The maximum absolute atomic E-state index is 13.7. The van der Waals surface area contributed by atoms with Crippen molar-refractivity contribution in [2.45, 2.75) is 19.1 Å². The van der Waals surface area contributed by atoms with Crippen molar-refractivity contribution in [3.05, 3.63) is 96.1 Å². The lowest BCUT2D eigenvalue weighted by Crippen LogP contribution is -2.41. The van der Waals surface area contributed by atoms with Gasteiger partial charge < -0.3 is 0 Å². The molecule has 2 aliphatic heterocycles. The number of para-hydroxylation sites is 1. The summed E-state index contributed by atoms with van der Waals surface area (Å²) in [6, 6.07) is 19.4. The van der Waals surface area contributed by atoms with Crippen LogP contribution in [0.2, 0.25) is 0 Å². The Labute approximate surface area is 177 Å². The Bertz CT molecular complexity index is 1150. The van der Waals surface area contributed by atoms with Gasteiger partial charge in [0.1, 0.15) is 17.0 Å². The van der Waals surface area contributed by atoms with Crippen molar-refractivity contribution in [1.82, 2.24) is 0 Å². The molecule has 2 heterocycles. The van der Waals surface area contributed by atoms with Gasteiger partial charge in [0.05, 0.1) is 17.4 Å². The summed E-state index contributed by atoms with van der Waals surface area (Å²) in [5, 5.41) is 1.55. The number of carbonyl (C=O) groups excluding carboxylic acids is 2. The number of benzene rings is 3. The number of imide groups is 1. The van der Waals surface area contributed by atoms with Gasteiger partial charge in [-0.25, -0.2) is 18.7 Å². The SMILES string of the molecule is CC12C(=O)N(c3ccc(F)cc3)C(=O)C1ON(c1ccccc1)C2c1ccc(F)cc1. The van der Waals surface area contributed by atoms with E-state index < -0.39 is 41.0 Å². The second kappa shape index (κ2) is 6.99. The molecule has 31 heavy (non-hydrogen) atoms. The molecule has 0 bridgehead atoms. The number of amides is 2. The Balaban J connectivity index is 1.63. The number of rotatable bonds is 3. The summed E-state index contributed by atoms with van der Waals surface area (Å²) in [4.78, 5) is 34.1. The Hall–Kier alpha value is -3.58. The summed E-state index contributed by atoms with van der Waals surface area (Å²) in [5.41, 5.74) is 0.303. The molecule has 3 aromatic rings. The quantitative estimate of drug-likeness (QED) is 0.589. The lowest BCUT2D eigenvalue weighted by Gasteiger charge is -2.32. The fraction of sp³-hybridized carbons (Fsp3) is 0.167. The largest absolute Gasteiger partial charge is 0.273 e. The van der Waals surface area contributed by atoms with Gasteiger partial charge in [-0.3, -0.25) is 14.4 Å². The van der Waals surface area contributed by atoms with Crippen LogP contribution in [0, 0.1) is 17.0 Å². The topological polar surface area (TPSA) is 49.9 Å². The molecule has 7 heteroatoms. The monoisotopic (exact) mass is 420 g/mol. The molecule has 2 saturated heterocycles. The van der Waals surface area contributed by atoms with Crippen LogP contribution in [0.4, 0.5) is 20.2 Å². The highest BCUT2D eigenvalue weighted by Crippen LogP contribution is 2.55. The van der Waals surface area contributed by atoms with Gasteiger partial charge in [0.2, 0.25) is 5.91 Å². The number of hydrogen-bond donors (Lipinski definition) is 0. The van der Waals surface area contributed by atoms with Crippen molar-refractivity contribution in [2.24, 2.45) is 5.41 Å². The minimum Gasteiger partial charge on any atom is -0.273 e. The van der Waals surface area contributed by atoms with Crippen molar-refractivity contribution < 1.29 is 23.2 Å². The zero-order valence-corrected chi connectivity index (χ0v) is 16.5. The average molecular weight is 420 g/mol. The average Bonchev–Trinajstić information content (AvgIpc) is 3.19. The fourth-order valence-corrected chi connectivity index (χ4v) is 4.41. The van der Waals surface area contributed by atoms with Crippen LogP contribution >= 0.6 is 0 Å². The fourth-order valence-electron chi connectivity index (χ4n) is 4.41. The third kappa shape index (κ3) is 2.84. The van der Waals surface area contributed by atoms with Crippen LogP contribution < -0.4 is 9.96 Å². The molecule has 5 rings (SSSR count). The first-order valence-corrected chi connectivity index (χ1v) is 9.82. The molecule has 2 amide bonds. The number of hydrogen-bond acceptors (Lipinski definition) is 4. The molecular formula is C24H18F2N2O3. The van der Waals surface area contributed by atoms with Crippen LogP contribution in [0.15, 0.2) is 78.9 Å². The molecule has 0 aromatic heterocycles. The zero-order valence-electron chi connectivity index (χ0n) is 16.5. The first kappa shape index (κ1) is 19.4. The van der Waals surface area contributed by atoms with E-state index in [0.29, 0.717) is 11.3 Å². The molecule has 0 radical (unpaired) electrons. The van der Waals surface area contributed by atoms with E-state index in [1.54, 1.807) is 24.1 Å². The zero-order chi connectivity index (χ0) is 21.8. The number of nitrogens with zero attached hydrogens (tertiary/aromatic N) is 2. The molecule has 5 nitrogen and oxygen atoms in total. The molecule has 2 aliphatic rings. The van der Waals surface area contributed by atoms with E-state index in [0.717, 1.165) is 4.90 Å². The van der Waals surface area contributed by atoms with Crippen LogP contribution in [0.1, 0.15) is 18.5 Å². The summed E-state index contributed by atoms with van der Waals surface area (Å²) in [6.45, 7) is 1.68. The maximum atomic E-state index is 13.7. The summed E-state index contributed by atoms with van der Waals surface area (Å²) >= 11 is 0. The lowest BCUT2D eigenvalue weighted by molar-refractivity contribution is -0.128. The van der Waals surface area contributed by atoms with E-state index in [4.69, 9.17) is 4.84 Å². The maximum Gasteiger partial charge on any atom is 0.266 e. The van der Waals surface area contributed by atoms with Crippen molar-refractivity contribution in [1.29, 1.82) is 0 Å². The Morgan fingerprint density at radius 2 is 1.39 bits per heavy atom. The normalized spacial score (nSPS) is 25.3. The van der Waals surface area contributed by atoms with E-state index in [2.05, 4.69) is 0 Å². The third-order valence-electron chi connectivity index (χ3n) is 5.96. The van der Waals surface area contributed by atoms with Crippen molar-refractivity contribution in [3.63, 3.8) is 0 Å². The first-order valence-electron chi connectivity index (χ1n) is 9.82. The second-order valence-electron chi connectivity index (χ2n) is 7.84. The predicted octanol–water partition coefficient (Wildman–Crippen LogP) is 4.41. The highest BCUT2D eigenvalue weighted by molar-refractivity contribution is 6.25. The van der Waals surface area contributed by atoms with Gasteiger partial charge in [-0.15, -0.1) is 0 Å². The number of hydroxylamine groups is 1. The van der Waals surface area contributed by atoms with Crippen LogP contribution in [0.3, 0.4) is 0 Å². The molecule has 3 atom stereocenters. The van der Waals surface area contributed by atoms with Gasteiger partial charge in [0.15, 0.2) is 6.10 Å². The molecule has 0 spiro atoms. The lowest BCUT2D eigenvalue weighted by atomic mass is 9.76. The first-order chi connectivity index (χ1) is 14.9. The van der Waals surface area contributed by atoms with Gasteiger partial charge >= 0.3 is 0 Å². The van der Waals surface area contributed by atoms with Gasteiger partial charge in [0.25, 0.3) is 5.91 Å². The predicted molar refractivity (Wildman–Crippen MR) is 110 cm³/mol. The highest BCUT2D eigenvalue weighted by Gasteiger charge is 2.68. The molecule has 156 valence electrons. The van der Waals surface area contributed by atoms with E-state index in [-0.39, 0.29) is 5.69 Å². The van der Waals surface area contributed by atoms with Crippen LogP contribution in [0.5, 0.6) is 0 Å². The van der Waals surface area contributed by atoms with Gasteiger partial charge in [-0.1, -0.05) is 30.3 Å². The Morgan fingerprint density at radius 1 is 0.806 bits per heavy atom. The third-order valence-corrected chi connectivity index (χ3v) is 5.96. The van der Waals surface area contributed by atoms with E-state index >= 15 is 0 Å². The smallest absolute Gasteiger partial charge is 0.266 e. The van der Waals surface area contributed by atoms with Gasteiger partial charge in [-0.05, 0) is 61.0 Å². The molecular weight excluding hydrogens is 402 g/mol. The number of fused-ring (bicyclic) bond motifs is 1. The van der Waals surface area contributed by atoms with Crippen LogP contribution in [-0.4, -0.2) is 17.9 Å². The number of halogens is 2. The number of carbonyl (C=O) groups is 2. The Morgan fingerprint density at radius 3 is 2.00 bits per heavy atom. The van der Waals surface area contributed by atoms with E-state index in [1.165, 1.54) is 36.4 Å². The highest BCUT2D eigenvalue weighted by atomic mass is 19.1. The summed E-state index contributed by atoms with van der Waals surface area (Å²) in [7, 11) is 0. The molecule has 0 aliphatic carbocycles. The van der Waals surface area contributed by atoms with Crippen molar-refractivity contribution in [2.75, 3.05) is 9.96 Å². The van der Waals surface area contributed by atoms with E-state index in [9.17, 15) is 18.4 Å². The standard InChI is InChI=1S/C24H18F2N2O3/c1-24-20(15-7-9-16(25)10-8-15)28(19-5-3-2-4-6-19)31-21(24)22(29)27(23(24)30)18-13-11-17(26)12-14-18/h2-14,20-21H,1H3. The minimum absolute atomic E-state index is 0.278. The van der Waals surface area contributed by atoms with E-state index in [1.807, 2.05) is 30.3 Å². The van der Waals surface area contributed by atoms with Crippen LogP contribution in [0.25, 0.3) is 0 Å². The molecule has 0 saturated carbocycles. The molecule has 3 unspecified atom stereocenters. The van der Waals surface area contributed by atoms with Crippen LogP contribution in [-0.2, 0) is 14.4 Å². The Kier molecular flexibility index (Phi) is 4.37. The summed E-state index contributed by atoms with van der Waals surface area (Å²) < 4.78 is 27.0. The molecule has 0 N–H and O–H groups in total. The van der Waals surface area contributed by atoms with Crippen molar-refractivity contribution in [3.8, 4) is 0 Å². The summed E-state index contributed by atoms with van der Waals surface area (Å²) in [5.74, 6) is -1.85. The minimum atomic E-state index is -1.28. The van der Waals surface area contributed by atoms with Crippen molar-refractivity contribution >= 4 is 23.2 Å². The second-order valence-corrected chi connectivity index (χ2v) is 7.84.